The van der Waals surface area contributed by atoms with E-state index in [4.69, 9.17) is 57.1 Å². The van der Waals surface area contributed by atoms with Gasteiger partial charge in [0, 0.05) is 155 Å². The highest BCUT2D eigenvalue weighted by Gasteiger charge is 2.32. The van der Waals surface area contributed by atoms with E-state index < -0.39 is 41.4 Å². The lowest BCUT2D eigenvalue weighted by atomic mass is 9.95. The summed E-state index contributed by atoms with van der Waals surface area (Å²) in [6.45, 7) is 12.2. The SMILES string of the molecule is COC[C@@H](C)n1c(C2CCN(C(=O)COCCOCCOCCOCCOCCOCCOCCNC(=O)CCNC(=O)c3nc(NC(=O)CCNC(=O)c4cc(NC(=O)c5nc(NC(=O)CCNC(=O)c6cc(NC(=O)c7nccn7C)cn6C)cn5C)cn4C)cn3C)CC2)nc2cnc3cc(-c4c(C)noc4C)c(OC)cc3c21. The minimum atomic E-state index is -0.640. The van der Waals surface area contributed by atoms with Crippen molar-refractivity contribution < 1.29 is 90.3 Å². The molecule has 1 saturated heterocycles. The Morgan fingerprint density at radius 1 is 0.521 bits per heavy atom. The average molecular weight is 1630 g/mol. The first kappa shape index (κ1) is 87.6. The fourth-order valence-corrected chi connectivity index (χ4v) is 13.1. The van der Waals surface area contributed by atoms with Crippen LogP contribution < -0.4 is 47.3 Å². The molecule has 1 aliphatic heterocycles. The van der Waals surface area contributed by atoms with Crippen LogP contribution in [0.15, 0.2) is 72.2 Å². The summed E-state index contributed by atoms with van der Waals surface area (Å²) in [5, 5.41) is 26.4. The molecule has 0 bridgehead atoms. The van der Waals surface area contributed by atoms with Crippen LogP contribution in [0.4, 0.5) is 23.0 Å². The fraction of sp³-hybridized carbons (Fsp3) is 0.494. The Morgan fingerprint density at radius 3 is 1.53 bits per heavy atom. The van der Waals surface area contributed by atoms with E-state index in [1.54, 1.807) is 66.4 Å². The van der Waals surface area contributed by atoms with Crippen LogP contribution in [0.2, 0.25) is 0 Å². The van der Waals surface area contributed by atoms with Crippen LogP contribution in [0.25, 0.3) is 33.1 Å². The third kappa shape index (κ3) is 24.4. The minimum absolute atomic E-state index is 0.00817. The Labute approximate surface area is 673 Å². The van der Waals surface area contributed by atoms with Crippen molar-refractivity contribution >= 4 is 98.1 Å². The molecule has 1 aliphatic rings. The first-order chi connectivity index (χ1) is 56.5. The number of carbonyl (C=O) groups excluding carboxylic acids is 9. The Kier molecular flexibility index (Phi) is 32.4. The number of aromatic nitrogens is 12. The zero-order valence-corrected chi connectivity index (χ0v) is 67.5. The smallest absolute Gasteiger partial charge is 0.291 e. The maximum Gasteiger partial charge on any atom is 0.291 e. The largest absolute Gasteiger partial charge is 0.496 e. The van der Waals surface area contributed by atoms with Gasteiger partial charge in [0.2, 0.25) is 35.3 Å². The number of methoxy groups -OCH3 is 2. The summed E-state index contributed by atoms with van der Waals surface area (Å²) in [5.74, 6) is -1.27. The summed E-state index contributed by atoms with van der Waals surface area (Å²) in [6.07, 6.45) is 12.1. The van der Waals surface area contributed by atoms with Crippen molar-refractivity contribution in [3.63, 3.8) is 0 Å². The number of likely N-dealkylation sites (tertiary alicyclic amines) is 1. The summed E-state index contributed by atoms with van der Waals surface area (Å²) in [7, 11) is 11.4. The zero-order valence-electron chi connectivity index (χ0n) is 67.5. The van der Waals surface area contributed by atoms with Crippen molar-refractivity contribution in [3.05, 3.63) is 114 Å². The van der Waals surface area contributed by atoms with Gasteiger partial charge in [-0.2, -0.15) is 0 Å². The number of carbonyl (C=O) groups is 9. The van der Waals surface area contributed by atoms with Gasteiger partial charge in [0.25, 0.3) is 29.5 Å². The standard InChI is InChI=1S/C77H103N21O19/c1-48(46-108-9)98-68-54-40-60(109-10)55(67-49(2)91-117-50(67)3)39-56(54)83-41-57(68)86-69(98)51-14-21-97(22-15-51)66(102)47-116-36-35-115-34-33-114-32-31-113-30-29-112-28-27-111-26-25-110-24-20-78-63(99)11-16-82-75(105)71-89-61(44-95(71)7)87-64(100)12-17-81-74(104)59-38-53(43-94(59)6)85-77(107)72-90-62(45-96(72)8)88-65(101)13-18-80-73(103)58-37-52(42-93(58)5)84-76(106)70-79-19-23-92(70)4/h19,23,37-45,48,51H,11-18,20-22,24-36,46-47H2,1-10H3,(H,78,99)(H,80,103)(H,81,104)(H,82,105)(H,84,106)(H,85,107)(H,87,100)(H,88,101)/t48-/m1/s1. The number of amides is 9. The maximum absolute atomic E-state index is 13.3. The molecule has 8 N–H and O–H groups in total. The fourth-order valence-electron chi connectivity index (χ4n) is 13.1. The van der Waals surface area contributed by atoms with E-state index in [0.29, 0.717) is 110 Å². The number of rotatable bonds is 47. The van der Waals surface area contributed by atoms with Crippen LogP contribution in [-0.2, 0) is 92.3 Å². The summed E-state index contributed by atoms with van der Waals surface area (Å²) in [5.41, 5.74) is 6.10. The average Bonchev–Trinajstić information content (AvgIpc) is 1.60. The highest BCUT2D eigenvalue weighted by atomic mass is 16.6. The van der Waals surface area contributed by atoms with E-state index in [0.717, 1.165) is 57.4 Å². The number of hydrogen-bond donors (Lipinski definition) is 8. The predicted octanol–water partition coefficient (Wildman–Crippen LogP) is 3.73. The quantitative estimate of drug-likeness (QED) is 0.0252. The van der Waals surface area contributed by atoms with Crippen molar-refractivity contribution in [2.24, 2.45) is 35.2 Å². The third-order valence-electron chi connectivity index (χ3n) is 18.9. The lowest BCUT2D eigenvalue weighted by Crippen LogP contribution is -2.40. The molecular formula is C77H103N21O19. The molecule has 1 atom stereocenters. The number of pyridine rings is 1. The Bertz CT molecular complexity index is 4890. The van der Waals surface area contributed by atoms with E-state index >= 15 is 0 Å². The van der Waals surface area contributed by atoms with Crippen molar-refractivity contribution in [1.82, 2.24) is 83.6 Å². The number of nitrogens with one attached hydrogen (secondary N) is 8. The molecule has 40 nitrogen and oxygen atoms in total. The highest BCUT2D eigenvalue weighted by molar-refractivity contribution is 6.07. The maximum atomic E-state index is 13.3. The number of anilines is 4. The molecule has 9 aromatic rings. The lowest BCUT2D eigenvalue weighted by Gasteiger charge is -2.32. The summed E-state index contributed by atoms with van der Waals surface area (Å²) in [4.78, 5) is 140. The van der Waals surface area contributed by atoms with Crippen molar-refractivity contribution in [1.29, 1.82) is 0 Å². The van der Waals surface area contributed by atoms with Gasteiger partial charge in [-0.25, -0.2) is 19.9 Å². The van der Waals surface area contributed by atoms with Gasteiger partial charge in [-0.05, 0) is 57.9 Å². The van der Waals surface area contributed by atoms with Gasteiger partial charge in [-0.15, -0.1) is 0 Å². The van der Waals surface area contributed by atoms with E-state index in [1.807, 2.05) is 37.1 Å². The number of hydrogen-bond acceptors (Lipinski definition) is 25. The number of imidazole rings is 4. The molecule has 1 fully saturated rings. The lowest BCUT2D eigenvalue weighted by molar-refractivity contribution is -0.137. The van der Waals surface area contributed by atoms with Gasteiger partial charge in [0.15, 0.2) is 17.5 Å². The van der Waals surface area contributed by atoms with E-state index in [1.165, 1.54) is 55.2 Å². The molecule has 9 amide bonds. The molecule has 8 aromatic heterocycles. The van der Waals surface area contributed by atoms with Gasteiger partial charge in [-0.1, -0.05) is 5.16 Å². The molecule has 0 spiro atoms. The molecule has 10 rings (SSSR count). The van der Waals surface area contributed by atoms with Crippen LogP contribution in [0.5, 0.6) is 5.75 Å². The first-order valence-electron chi connectivity index (χ1n) is 38.3. The molecule has 0 radical (unpaired) electrons. The van der Waals surface area contributed by atoms with Crippen LogP contribution >= 0.6 is 0 Å². The molecule has 1 aromatic carbocycles. The van der Waals surface area contributed by atoms with Gasteiger partial charge < -0.3 is 122 Å². The molecule has 0 unspecified atom stereocenters. The van der Waals surface area contributed by atoms with Gasteiger partial charge in [-0.3, -0.25) is 48.1 Å². The molecular weight excluding hydrogens is 1520 g/mol. The van der Waals surface area contributed by atoms with Crippen LogP contribution in [0.3, 0.4) is 0 Å². The molecule has 0 saturated carbocycles. The molecule has 40 heteroatoms. The molecule has 0 aliphatic carbocycles. The number of ether oxygens (including phenoxy) is 9. The number of aryl methyl sites for hydroxylation is 7. The molecule has 9 heterocycles. The second kappa shape index (κ2) is 43.2. The third-order valence-corrected chi connectivity index (χ3v) is 18.9. The van der Waals surface area contributed by atoms with Crippen LogP contribution in [-0.4, -0.2) is 268 Å². The monoisotopic (exact) mass is 1630 g/mol. The minimum Gasteiger partial charge on any atom is -0.496 e. The number of fused-ring (bicyclic) bond motifs is 3. The number of piperidine rings is 1. The van der Waals surface area contributed by atoms with Crippen molar-refractivity contribution in [2.45, 2.75) is 64.8 Å². The van der Waals surface area contributed by atoms with E-state index in [2.05, 4.69) is 74.1 Å². The van der Waals surface area contributed by atoms with Crippen molar-refractivity contribution in [2.75, 3.05) is 174 Å². The summed E-state index contributed by atoms with van der Waals surface area (Å²) >= 11 is 0. The Balaban J connectivity index is 0.488. The van der Waals surface area contributed by atoms with E-state index in [-0.39, 0.29) is 135 Å². The predicted molar refractivity (Wildman–Crippen MR) is 425 cm³/mol. The molecule has 117 heavy (non-hydrogen) atoms. The summed E-state index contributed by atoms with van der Waals surface area (Å²) < 4.78 is 65.9. The highest BCUT2D eigenvalue weighted by Crippen LogP contribution is 2.41. The Morgan fingerprint density at radius 2 is 1.03 bits per heavy atom. The summed E-state index contributed by atoms with van der Waals surface area (Å²) in [6, 6.07) is 6.94. The zero-order chi connectivity index (χ0) is 83.5. The Hall–Kier alpha value is -11.8. The molecule has 630 valence electrons. The topological polar surface area (TPSA) is 456 Å². The van der Waals surface area contributed by atoms with Gasteiger partial charge in [0.1, 0.15) is 40.8 Å². The normalized spacial score (nSPS) is 12.6. The van der Waals surface area contributed by atoms with Gasteiger partial charge in [0.05, 0.1) is 146 Å². The van der Waals surface area contributed by atoms with Gasteiger partial charge >= 0.3 is 0 Å². The van der Waals surface area contributed by atoms with E-state index in [9.17, 15) is 43.2 Å². The number of nitrogens with zero attached hydrogens (tertiary/aromatic N) is 13. The van der Waals surface area contributed by atoms with Crippen molar-refractivity contribution in [3.8, 4) is 16.9 Å². The second-order valence-corrected chi connectivity index (χ2v) is 27.6. The first-order valence-corrected chi connectivity index (χ1v) is 38.3. The second-order valence-electron chi connectivity index (χ2n) is 27.6. The van der Waals surface area contributed by atoms with Crippen LogP contribution in [0.1, 0.15) is 121 Å². The van der Waals surface area contributed by atoms with Crippen LogP contribution in [0, 0.1) is 13.8 Å². The number of benzene rings is 1.